The van der Waals surface area contributed by atoms with Crippen LogP contribution in [0.3, 0.4) is 0 Å². The van der Waals surface area contributed by atoms with Gasteiger partial charge in [-0.05, 0) is 41.8 Å². The molecule has 8 nitrogen and oxygen atoms in total. The molecule has 1 aromatic heterocycles. The summed E-state index contributed by atoms with van der Waals surface area (Å²) in [6, 6.07) is 21.5. The minimum absolute atomic E-state index is 0.237. The number of benzene rings is 2. The minimum atomic E-state index is -1.15. The summed E-state index contributed by atoms with van der Waals surface area (Å²) < 4.78 is 5.77. The Hall–Kier alpha value is -4.20. The van der Waals surface area contributed by atoms with Crippen LogP contribution in [0.1, 0.15) is 30.2 Å². The smallest absolute Gasteiger partial charge is 0.325 e. The second-order valence-electron chi connectivity index (χ2n) is 7.98. The molecule has 4 amide bonds. The monoisotopic (exact) mass is 458 g/mol. The molecule has 2 aromatic carbocycles. The second-order valence-corrected chi connectivity index (χ2v) is 7.98. The molecule has 34 heavy (non-hydrogen) atoms. The SMILES string of the molecule is CCC1(c2ccccc2)NC(=O)N(CC(=O)NCc2cccc(OCc3ccccn3)c2)C1=O. The number of nitrogens with one attached hydrogen (secondary N) is 2. The highest BCUT2D eigenvalue weighted by Crippen LogP contribution is 2.32. The molecular formula is C26H26N4O4. The second kappa shape index (κ2) is 10.2. The quantitative estimate of drug-likeness (QED) is 0.480. The third-order valence-corrected chi connectivity index (χ3v) is 5.78. The van der Waals surface area contributed by atoms with Gasteiger partial charge in [0.1, 0.15) is 24.4 Å². The van der Waals surface area contributed by atoms with Crippen LogP contribution in [0, 0.1) is 0 Å². The van der Waals surface area contributed by atoms with Crippen molar-refractivity contribution in [2.75, 3.05) is 6.54 Å². The van der Waals surface area contributed by atoms with Crippen LogP contribution in [0.2, 0.25) is 0 Å². The Morgan fingerprint density at radius 3 is 2.59 bits per heavy atom. The van der Waals surface area contributed by atoms with Gasteiger partial charge in [-0.3, -0.25) is 19.5 Å². The number of urea groups is 1. The maximum atomic E-state index is 13.2. The number of pyridine rings is 1. The first-order valence-corrected chi connectivity index (χ1v) is 11.1. The van der Waals surface area contributed by atoms with Crippen LogP contribution in [0.5, 0.6) is 5.75 Å². The number of hydrogen-bond acceptors (Lipinski definition) is 5. The van der Waals surface area contributed by atoms with Gasteiger partial charge in [0, 0.05) is 12.7 Å². The van der Waals surface area contributed by atoms with Crippen molar-refractivity contribution in [3.63, 3.8) is 0 Å². The lowest BCUT2D eigenvalue weighted by Gasteiger charge is -2.25. The first kappa shape index (κ1) is 23.0. The molecule has 8 heteroatoms. The van der Waals surface area contributed by atoms with E-state index < -0.39 is 23.4 Å². The lowest BCUT2D eigenvalue weighted by Crippen LogP contribution is -2.44. The van der Waals surface area contributed by atoms with E-state index >= 15 is 0 Å². The number of hydrogen-bond donors (Lipinski definition) is 2. The summed E-state index contributed by atoms with van der Waals surface area (Å²) in [4.78, 5) is 43.5. The van der Waals surface area contributed by atoms with Crippen molar-refractivity contribution in [2.24, 2.45) is 0 Å². The number of nitrogens with zero attached hydrogens (tertiary/aromatic N) is 2. The molecule has 1 fully saturated rings. The van der Waals surface area contributed by atoms with E-state index in [1.54, 1.807) is 18.3 Å². The van der Waals surface area contributed by atoms with Crippen LogP contribution in [0.4, 0.5) is 4.79 Å². The Morgan fingerprint density at radius 1 is 1.06 bits per heavy atom. The number of aromatic nitrogens is 1. The average Bonchev–Trinajstić information content (AvgIpc) is 3.13. The summed E-state index contributed by atoms with van der Waals surface area (Å²) in [5.74, 6) is -0.198. The van der Waals surface area contributed by atoms with Gasteiger partial charge in [-0.2, -0.15) is 0 Å². The number of rotatable bonds is 9. The summed E-state index contributed by atoms with van der Waals surface area (Å²) in [5, 5.41) is 5.56. The first-order chi connectivity index (χ1) is 16.5. The molecule has 0 bridgehead atoms. The lowest BCUT2D eigenvalue weighted by molar-refractivity contribution is -0.135. The van der Waals surface area contributed by atoms with Gasteiger partial charge in [-0.1, -0.05) is 55.5 Å². The van der Waals surface area contributed by atoms with Crippen LogP contribution in [0.25, 0.3) is 0 Å². The fraction of sp³-hybridized carbons (Fsp3) is 0.231. The van der Waals surface area contributed by atoms with Crippen molar-refractivity contribution in [2.45, 2.75) is 32.0 Å². The molecule has 1 unspecified atom stereocenters. The van der Waals surface area contributed by atoms with Gasteiger partial charge in [-0.15, -0.1) is 0 Å². The van der Waals surface area contributed by atoms with Crippen LogP contribution in [0.15, 0.2) is 79.0 Å². The molecule has 0 radical (unpaired) electrons. The number of carbonyl (C=O) groups excluding carboxylic acids is 3. The van der Waals surface area contributed by atoms with Crippen molar-refractivity contribution in [3.8, 4) is 5.75 Å². The molecule has 0 aliphatic carbocycles. The zero-order valence-electron chi connectivity index (χ0n) is 18.9. The third kappa shape index (κ3) is 4.91. The van der Waals surface area contributed by atoms with Crippen molar-refractivity contribution in [1.29, 1.82) is 0 Å². The summed E-state index contributed by atoms with van der Waals surface area (Å²) in [5.41, 5.74) is 1.18. The lowest BCUT2D eigenvalue weighted by atomic mass is 9.87. The van der Waals surface area contributed by atoms with E-state index in [0.29, 0.717) is 24.3 Å². The molecule has 1 aliphatic heterocycles. The summed E-state index contributed by atoms with van der Waals surface area (Å²) in [6.45, 7) is 2.05. The van der Waals surface area contributed by atoms with Crippen LogP contribution in [-0.2, 0) is 28.3 Å². The van der Waals surface area contributed by atoms with E-state index in [2.05, 4.69) is 15.6 Å². The summed E-state index contributed by atoms with van der Waals surface area (Å²) in [7, 11) is 0. The molecule has 1 aliphatic rings. The highest BCUT2D eigenvalue weighted by atomic mass is 16.5. The van der Waals surface area contributed by atoms with E-state index in [1.807, 2.05) is 67.6 Å². The van der Waals surface area contributed by atoms with Gasteiger partial charge in [-0.25, -0.2) is 4.79 Å². The van der Waals surface area contributed by atoms with Crippen molar-refractivity contribution in [1.82, 2.24) is 20.5 Å². The maximum absolute atomic E-state index is 13.2. The Bertz CT molecular complexity index is 1170. The highest BCUT2D eigenvalue weighted by Gasteiger charge is 2.51. The molecule has 1 atom stereocenters. The number of amides is 4. The largest absolute Gasteiger partial charge is 0.487 e. The summed E-state index contributed by atoms with van der Waals surface area (Å²) in [6.07, 6.45) is 2.09. The first-order valence-electron chi connectivity index (χ1n) is 11.1. The van der Waals surface area contributed by atoms with E-state index in [0.717, 1.165) is 16.2 Å². The minimum Gasteiger partial charge on any atom is -0.487 e. The Kier molecular flexibility index (Phi) is 6.87. The molecule has 1 saturated heterocycles. The Labute approximate surface area is 198 Å². The Morgan fingerprint density at radius 2 is 1.85 bits per heavy atom. The molecule has 3 aromatic rings. The molecule has 2 N–H and O–H groups in total. The molecule has 0 saturated carbocycles. The van der Waals surface area contributed by atoms with Crippen LogP contribution < -0.4 is 15.4 Å². The van der Waals surface area contributed by atoms with Crippen molar-refractivity contribution in [3.05, 3.63) is 95.8 Å². The predicted molar refractivity (Wildman–Crippen MR) is 126 cm³/mol. The number of carbonyl (C=O) groups is 3. The molecule has 4 rings (SSSR count). The average molecular weight is 459 g/mol. The van der Waals surface area contributed by atoms with Gasteiger partial charge in [0.05, 0.1) is 5.69 Å². The maximum Gasteiger partial charge on any atom is 0.325 e. The predicted octanol–water partition coefficient (Wildman–Crippen LogP) is 3.13. The van der Waals surface area contributed by atoms with Crippen LogP contribution in [-0.4, -0.2) is 34.3 Å². The Balaban J connectivity index is 1.34. The highest BCUT2D eigenvalue weighted by molar-refractivity contribution is 6.09. The normalized spacial score (nSPS) is 17.4. The van der Waals surface area contributed by atoms with E-state index in [9.17, 15) is 14.4 Å². The van der Waals surface area contributed by atoms with E-state index in [1.165, 1.54) is 0 Å². The molecular weight excluding hydrogens is 432 g/mol. The number of ether oxygens (including phenoxy) is 1. The van der Waals surface area contributed by atoms with Gasteiger partial charge in [0.2, 0.25) is 5.91 Å². The van der Waals surface area contributed by atoms with Crippen molar-refractivity contribution < 1.29 is 19.1 Å². The van der Waals surface area contributed by atoms with Gasteiger partial charge in [0.15, 0.2) is 0 Å². The molecule has 0 spiro atoms. The van der Waals surface area contributed by atoms with Crippen molar-refractivity contribution >= 4 is 17.8 Å². The fourth-order valence-electron chi connectivity index (χ4n) is 3.92. The zero-order chi connectivity index (χ0) is 24.0. The van der Waals surface area contributed by atoms with Crippen LogP contribution >= 0.6 is 0 Å². The van der Waals surface area contributed by atoms with Gasteiger partial charge >= 0.3 is 6.03 Å². The topological polar surface area (TPSA) is 101 Å². The molecule has 174 valence electrons. The molecule has 2 heterocycles. The van der Waals surface area contributed by atoms with E-state index in [-0.39, 0.29) is 13.1 Å². The van der Waals surface area contributed by atoms with E-state index in [4.69, 9.17) is 4.74 Å². The standard InChI is InChI=1S/C26H26N4O4/c1-2-26(20-10-4-3-5-11-20)24(32)30(25(33)29-26)17-23(31)28-16-19-9-8-13-22(15-19)34-18-21-12-6-7-14-27-21/h3-15H,2,16-18H2,1H3,(H,28,31)(H,29,33). The van der Waals surface area contributed by atoms with Gasteiger partial charge in [0.25, 0.3) is 5.91 Å². The summed E-state index contributed by atoms with van der Waals surface area (Å²) >= 11 is 0. The fourth-order valence-corrected chi connectivity index (χ4v) is 3.92. The zero-order valence-corrected chi connectivity index (χ0v) is 18.9. The third-order valence-electron chi connectivity index (χ3n) is 5.78. The number of imide groups is 1. The van der Waals surface area contributed by atoms with Gasteiger partial charge < -0.3 is 15.4 Å².